The molecule has 4 aromatic rings. The molecule has 1 aliphatic heterocycles. The maximum Gasteiger partial charge on any atom is 0.250 e. The number of piperazine rings is 1. The monoisotopic (exact) mass is 454 g/mol. The number of nitrogens with zero attached hydrogens (tertiary/aromatic N) is 4. The Kier molecular flexibility index (Phi) is 5.81. The summed E-state index contributed by atoms with van der Waals surface area (Å²) in [4.78, 5) is 29.2. The number of benzene rings is 2. The van der Waals surface area contributed by atoms with Gasteiger partial charge in [-0.3, -0.25) is 4.79 Å². The van der Waals surface area contributed by atoms with Crippen LogP contribution in [0.25, 0.3) is 11.0 Å². The number of hydrogen-bond donors (Lipinski definition) is 4. The molecule has 0 saturated carbocycles. The van der Waals surface area contributed by atoms with Crippen molar-refractivity contribution in [1.29, 1.82) is 0 Å². The normalized spacial score (nSPS) is 14.3. The van der Waals surface area contributed by atoms with Crippen molar-refractivity contribution in [3.8, 4) is 0 Å². The average molecular weight is 454 g/mol. The van der Waals surface area contributed by atoms with Gasteiger partial charge in [-0.15, -0.1) is 0 Å². The zero-order valence-electron chi connectivity index (χ0n) is 19.3. The highest BCUT2D eigenvalue weighted by Crippen LogP contribution is 2.28. The maximum absolute atomic E-state index is 11.9. The molecule has 2 aromatic carbocycles. The predicted octanol–water partition coefficient (Wildman–Crippen LogP) is 1.55. The number of amides is 1. The SMILES string of the molecule is Bc1ccc(N2CCN(C)CC2)cc1Nc1nc(Nc2ccccc2C(N)=O)c2cc[nH]c2n1. The summed E-state index contributed by atoms with van der Waals surface area (Å²) in [6.07, 6.45) is 1.81. The fraction of sp³-hybridized carbons (Fsp3) is 0.208. The number of likely N-dealkylation sites (N-methyl/N-ethyl adjacent to an activating group) is 1. The van der Waals surface area contributed by atoms with Gasteiger partial charge in [0.05, 0.1) is 16.6 Å². The Morgan fingerprint density at radius 1 is 1.03 bits per heavy atom. The highest BCUT2D eigenvalue weighted by molar-refractivity contribution is 6.36. The van der Waals surface area contributed by atoms with Gasteiger partial charge in [-0.2, -0.15) is 9.97 Å². The molecule has 10 heteroatoms. The highest BCUT2D eigenvalue weighted by Gasteiger charge is 2.17. The lowest BCUT2D eigenvalue weighted by atomic mass is 9.93. The van der Waals surface area contributed by atoms with E-state index in [1.807, 2.05) is 18.3 Å². The first-order chi connectivity index (χ1) is 16.5. The van der Waals surface area contributed by atoms with Crippen molar-refractivity contribution in [3.63, 3.8) is 0 Å². The second kappa shape index (κ2) is 9.07. The molecule has 34 heavy (non-hydrogen) atoms. The van der Waals surface area contributed by atoms with E-state index >= 15 is 0 Å². The topological polar surface area (TPSA) is 115 Å². The molecule has 1 saturated heterocycles. The van der Waals surface area contributed by atoms with Crippen molar-refractivity contribution in [2.45, 2.75) is 0 Å². The minimum Gasteiger partial charge on any atom is -0.369 e. The van der Waals surface area contributed by atoms with Crippen LogP contribution in [0.15, 0.2) is 54.7 Å². The number of aromatic amines is 1. The summed E-state index contributed by atoms with van der Waals surface area (Å²) < 4.78 is 0. The number of rotatable bonds is 6. The quantitative estimate of drug-likeness (QED) is 0.327. The molecule has 5 N–H and O–H groups in total. The second-order valence-corrected chi connectivity index (χ2v) is 8.59. The molecule has 9 nitrogen and oxygen atoms in total. The minimum atomic E-state index is -0.503. The van der Waals surface area contributed by atoms with Crippen LogP contribution in [0.1, 0.15) is 10.4 Å². The lowest BCUT2D eigenvalue weighted by molar-refractivity contribution is 0.100. The first-order valence-electron chi connectivity index (χ1n) is 11.3. The van der Waals surface area contributed by atoms with Gasteiger partial charge in [0.25, 0.3) is 5.91 Å². The summed E-state index contributed by atoms with van der Waals surface area (Å²) in [5.74, 6) is 0.528. The first-order valence-corrected chi connectivity index (χ1v) is 11.3. The van der Waals surface area contributed by atoms with Crippen LogP contribution in [0, 0.1) is 0 Å². The van der Waals surface area contributed by atoms with Gasteiger partial charge < -0.3 is 31.2 Å². The Morgan fingerprint density at radius 2 is 1.82 bits per heavy atom. The van der Waals surface area contributed by atoms with Gasteiger partial charge in [-0.25, -0.2) is 0 Å². The van der Waals surface area contributed by atoms with Crippen LogP contribution in [-0.4, -0.2) is 66.8 Å². The van der Waals surface area contributed by atoms with Gasteiger partial charge in [0.1, 0.15) is 19.3 Å². The van der Waals surface area contributed by atoms with Crippen LogP contribution in [0.3, 0.4) is 0 Å². The Balaban J connectivity index is 1.47. The van der Waals surface area contributed by atoms with E-state index in [0.29, 0.717) is 28.7 Å². The van der Waals surface area contributed by atoms with E-state index < -0.39 is 5.91 Å². The molecule has 0 atom stereocenters. The van der Waals surface area contributed by atoms with E-state index in [0.717, 1.165) is 42.7 Å². The van der Waals surface area contributed by atoms with Crippen molar-refractivity contribution in [2.24, 2.45) is 5.73 Å². The zero-order valence-corrected chi connectivity index (χ0v) is 19.3. The van der Waals surface area contributed by atoms with Crippen LogP contribution in [0.2, 0.25) is 0 Å². The van der Waals surface area contributed by atoms with E-state index in [1.165, 1.54) is 5.69 Å². The van der Waals surface area contributed by atoms with Gasteiger partial charge in [0, 0.05) is 43.8 Å². The van der Waals surface area contributed by atoms with Gasteiger partial charge in [0.2, 0.25) is 5.95 Å². The molecule has 2 aromatic heterocycles. The number of primary amides is 1. The summed E-state index contributed by atoms with van der Waals surface area (Å²) in [5.41, 5.74) is 10.5. The average Bonchev–Trinajstić information content (AvgIpc) is 3.30. The summed E-state index contributed by atoms with van der Waals surface area (Å²) >= 11 is 0. The third kappa shape index (κ3) is 4.40. The summed E-state index contributed by atoms with van der Waals surface area (Å²) in [6.45, 7) is 4.09. The van der Waals surface area contributed by atoms with Crippen molar-refractivity contribution >= 4 is 59.1 Å². The number of anilines is 5. The predicted molar refractivity (Wildman–Crippen MR) is 140 cm³/mol. The Labute approximate surface area is 198 Å². The number of carbonyl (C=O) groups excluding carboxylic acids is 1. The molecule has 5 rings (SSSR count). The Bertz CT molecular complexity index is 1350. The number of H-pyrrole nitrogens is 1. The van der Waals surface area contributed by atoms with E-state index in [-0.39, 0.29) is 0 Å². The molecule has 172 valence electrons. The second-order valence-electron chi connectivity index (χ2n) is 8.59. The highest BCUT2D eigenvalue weighted by atomic mass is 16.1. The van der Waals surface area contributed by atoms with Crippen molar-refractivity contribution < 1.29 is 4.79 Å². The van der Waals surface area contributed by atoms with Crippen molar-refractivity contribution in [2.75, 3.05) is 48.8 Å². The summed E-state index contributed by atoms with van der Waals surface area (Å²) in [6, 6.07) is 15.4. The number of fused-ring (bicyclic) bond motifs is 1. The van der Waals surface area contributed by atoms with Gasteiger partial charge in [-0.1, -0.05) is 23.7 Å². The van der Waals surface area contributed by atoms with Gasteiger partial charge >= 0.3 is 0 Å². The standard InChI is InChI=1S/C24H27BN8O/c1-32-10-12-33(13-11-32)15-6-7-18(25)20(14-15)29-24-30-22-17(8-9-27-22)23(31-24)28-19-5-3-2-4-16(19)21(26)34/h2-9,14H,10-13,25H2,1H3,(H2,26,34)(H3,27,28,29,30,31). The molecule has 0 radical (unpaired) electrons. The summed E-state index contributed by atoms with van der Waals surface area (Å²) in [5, 5.41) is 7.47. The lowest BCUT2D eigenvalue weighted by Gasteiger charge is -2.34. The molecule has 3 heterocycles. The van der Waals surface area contributed by atoms with E-state index in [1.54, 1.807) is 18.2 Å². The van der Waals surface area contributed by atoms with Crippen molar-refractivity contribution in [1.82, 2.24) is 19.9 Å². The van der Waals surface area contributed by atoms with E-state index in [9.17, 15) is 4.79 Å². The maximum atomic E-state index is 11.9. The van der Waals surface area contributed by atoms with Crippen LogP contribution >= 0.6 is 0 Å². The molecule has 0 aliphatic carbocycles. The Hall–Kier alpha value is -4.05. The minimum absolute atomic E-state index is 0.398. The first kappa shape index (κ1) is 21.8. The number of nitrogens with two attached hydrogens (primary N) is 1. The fourth-order valence-electron chi connectivity index (χ4n) is 4.15. The Morgan fingerprint density at radius 3 is 2.62 bits per heavy atom. The molecule has 0 bridgehead atoms. The fourth-order valence-corrected chi connectivity index (χ4v) is 4.15. The number of nitrogens with one attached hydrogen (secondary N) is 3. The molecule has 1 fully saturated rings. The number of aromatic nitrogens is 3. The molecule has 1 aliphatic rings. The lowest BCUT2D eigenvalue weighted by Crippen LogP contribution is -2.44. The van der Waals surface area contributed by atoms with Crippen molar-refractivity contribution in [3.05, 3.63) is 60.3 Å². The van der Waals surface area contributed by atoms with Crippen LogP contribution < -0.4 is 26.7 Å². The number of hydrogen-bond acceptors (Lipinski definition) is 7. The molecular weight excluding hydrogens is 427 g/mol. The van der Waals surface area contributed by atoms with Crippen LogP contribution in [0.4, 0.5) is 28.8 Å². The number of carbonyl (C=O) groups is 1. The molecule has 1 amide bonds. The van der Waals surface area contributed by atoms with Gasteiger partial charge in [0.15, 0.2) is 0 Å². The van der Waals surface area contributed by atoms with Crippen LogP contribution in [-0.2, 0) is 0 Å². The molecule has 0 unspecified atom stereocenters. The summed E-state index contributed by atoms with van der Waals surface area (Å²) in [7, 11) is 4.21. The number of para-hydroxylation sites is 1. The molecule has 0 spiro atoms. The van der Waals surface area contributed by atoms with E-state index in [4.69, 9.17) is 10.7 Å². The smallest absolute Gasteiger partial charge is 0.250 e. The largest absolute Gasteiger partial charge is 0.369 e. The van der Waals surface area contributed by atoms with Crippen LogP contribution in [0.5, 0.6) is 0 Å². The zero-order chi connectivity index (χ0) is 23.7. The molecular formula is C24H27BN8O. The third-order valence-electron chi connectivity index (χ3n) is 6.20. The van der Waals surface area contributed by atoms with E-state index in [2.05, 4.69) is 63.5 Å². The third-order valence-corrected chi connectivity index (χ3v) is 6.20. The van der Waals surface area contributed by atoms with Gasteiger partial charge in [-0.05, 0) is 37.4 Å².